The molecule has 0 spiro atoms. The SMILES string of the molecule is CCCCC(CO)Nc1nc(N)nc2cc(-c3ccc(CN4CCCC4)nc3)cnc12. The van der Waals surface area contributed by atoms with E-state index in [0.29, 0.717) is 16.9 Å². The first kappa shape index (κ1) is 21.4. The number of aliphatic hydroxyl groups excluding tert-OH is 1. The van der Waals surface area contributed by atoms with Crippen LogP contribution in [0.5, 0.6) is 0 Å². The Morgan fingerprint density at radius 2 is 1.94 bits per heavy atom. The lowest BCUT2D eigenvalue weighted by Gasteiger charge is -2.17. The molecule has 0 aliphatic carbocycles. The third-order valence-corrected chi connectivity index (χ3v) is 5.76. The maximum atomic E-state index is 9.69. The van der Waals surface area contributed by atoms with E-state index in [1.165, 1.54) is 12.8 Å². The number of nitrogens with two attached hydrogens (primary N) is 1. The van der Waals surface area contributed by atoms with Crippen LogP contribution in [0, 0.1) is 0 Å². The molecule has 1 fully saturated rings. The average Bonchev–Trinajstić information content (AvgIpc) is 3.29. The molecule has 1 aliphatic rings. The first-order chi connectivity index (χ1) is 15.2. The predicted octanol–water partition coefficient (Wildman–Crippen LogP) is 3.23. The van der Waals surface area contributed by atoms with Crippen molar-refractivity contribution in [3.05, 3.63) is 36.3 Å². The van der Waals surface area contributed by atoms with Gasteiger partial charge in [0.05, 0.1) is 23.9 Å². The van der Waals surface area contributed by atoms with Gasteiger partial charge in [0.15, 0.2) is 5.82 Å². The second kappa shape index (κ2) is 9.98. The van der Waals surface area contributed by atoms with Crippen molar-refractivity contribution in [2.45, 2.75) is 51.6 Å². The number of nitrogens with one attached hydrogen (secondary N) is 1. The Kier molecular flexibility index (Phi) is 6.89. The van der Waals surface area contributed by atoms with Crippen LogP contribution >= 0.6 is 0 Å². The molecule has 0 bridgehead atoms. The summed E-state index contributed by atoms with van der Waals surface area (Å²) >= 11 is 0. The van der Waals surface area contributed by atoms with Crippen molar-refractivity contribution in [3.63, 3.8) is 0 Å². The summed E-state index contributed by atoms with van der Waals surface area (Å²) in [5.41, 5.74) is 10.3. The molecular formula is C23H31N7O. The van der Waals surface area contributed by atoms with Crippen LogP contribution in [-0.4, -0.2) is 55.7 Å². The summed E-state index contributed by atoms with van der Waals surface area (Å²) in [6.45, 7) is 5.37. The average molecular weight is 422 g/mol. The Morgan fingerprint density at radius 3 is 2.65 bits per heavy atom. The highest BCUT2D eigenvalue weighted by Gasteiger charge is 2.15. The summed E-state index contributed by atoms with van der Waals surface area (Å²) in [6, 6.07) is 6.03. The molecule has 1 atom stereocenters. The molecule has 1 unspecified atom stereocenters. The van der Waals surface area contributed by atoms with Gasteiger partial charge >= 0.3 is 0 Å². The number of nitrogen functional groups attached to an aromatic ring is 1. The molecule has 31 heavy (non-hydrogen) atoms. The number of fused-ring (bicyclic) bond motifs is 1. The largest absolute Gasteiger partial charge is 0.394 e. The molecule has 0 radical (unpaired) electrons. The normalized spacial score (nSPS) is 15.4. The van der Waals surface area contributed by atoms with E-state index in [0.717, 1.165) is 55.7 Å². The standard InChI is InChI=1S/C23H31N7O/c1-2-3-6-19(15-31)27-22-21-20(28-23(24)29-22)11-17(13-26-21)16-7-8-18(25-12-16)14-30-9-4-5-10-30/h7-8,11-13,19,31H,2-6,9-10,14-15H2,1H3,(H3,24,27,28,29). The minimum Gasteiger partial charge on any atom is -0.394 e. The lowest BCUT2D eigenvalue weighted by atomic mass is 10.1. The second-order valence-corrected chi connectivity index (χ2v) is 8.21. The molecule has 0 saturated carbocycles. The van der Waals surface area contributed by atoms with Gasteiger partial charge in [-0.3, -0.25) is 14.9 Å². The van der Waals surface area contributed by atoms with Gasteiger partial charge in [0, 0.05) is 30.1 Å². The zero-order chi connectivity index (χ0) is 21.6. The molecule has 3 aromatic heterocycles. The van der Waals surface area contributed by atoms with Crippen molar-refractivity contribution < 1.29 is 5.11 Å². The molecule has 0 aromatic carbocycles. The number of rotatable bonds is 9. The molecule has 0 amide bonds. The Bertz CT molecular complexity index is 1000. The van der Waals surface area contributed by atoms with Gasteiger partial charge in [-0.15, -0.1) is 0 Å². The maximum Gasteiger partial charge on any atom is 0.222 e. The predicted molar refractivity (Wildman–Crippen MR) is 124 cm³/mol. The molecule has 1 saturated heterocycles. The van der Waals surface area contributed by atoms with E-state index in [2.05, 4.69) is 49.2 Å². The molecule has 8 heteroatoms. The first-order valence-corrected chi connectivity index (χ1v) is 11.1. The van der Waals surface area contributed by atoms with Gasteiger partial charge in [-0.25, -0.2) is 4.98 Å². The third kappa shape index (κ3) is 5.26. The summed E-state index contributed by atoms with van der Waals surface area (Å²) in [5, 5.41) is 13.0. The van der Waals surface area contributed by atoms with Crippen LogP contribution in [0.2, 0.25) is 0 Å². The molecule has 8 nitrogen and oxygen atoms in total. The Morgan fingerprint density at radius 1 is 1.13 bits per heavy atom. The van der Waals surface area contributed by atoms with Crippen LogP contribution in [0.3, 0.4) is 0 Å². The van der Waals surface area contributed by atoms with E-state index in [1.807, 2.05) is 18.5 Å². The lowest BCUT2D eigenvalue weighted by Crippen LogP contribution is -2.24. The van der Waals surface area contributed by atoms with Gasteiger partial charge in [0.25, 0.3) is 0 Å². The van der Waals surface area contributed by atoms with E-state index in [-0.39, 0.29) is 18.6 Å². The molecule has 1 aliphatic heterocycles. The minimum atomic E-state index is -0.0914. The van der Waals surface area contributed by atoms with Gasteiger partial charge in [-0.05, 0) is 44.5 Å². The number of aromatic nitrogens is 4. The third-order valence-electron chi connectivity index (χ3n) is 5.76. The fraction of sp³-hybridized carbons (Fsp3) is 0.478. The fourth-order valence-electron chi connectivity index (χ4n) is 4.01. The Labute approximate surface area is 183 Å². The van der Waals surface area contributed by atoms with E-state index in [4.69, 9.17) is 5.73 Å². The highest BCUT2D eigenvalue weighted by molar-refractivity contribution is 5.89. The van der Waals surface area contributed by atoms with Crippen molar-refractivity contribution >= 4 is 22.8 Å². The van der Waals surface area contributed by atoms with Gasteiger partial charge in [-0.1, -0.05) is 25.8 Å². The highest BCUT2D eigenvalue weighted by Crippen LogP contribution is 2.26. The van der Waals surface area contributed by atoms with Crippen molar-refractivity contribution in [2.24, 2.45) is 0 Å². The van der Waals surface area contributed by atoms with Crippen molar-refractivity contribution in [1.29, 1.82) is 0 Å². The summed E-state index contributed by atoms with van der Waals surface area (Å²) < 4.78 is 0. The second-order valence-electron chi connectivity index (χ2n) is 8.21. The summed E-state index contributed by atoms with van der Waals surface area (Å²) in [6.07, 6.45) is 9.20. The van der Waals surface area contributed by atoms with Crippen LogP contribution in [0.4, 0.5) is 11.8 Å². The van der Waals surface area contributed by atoms with Crippen LogP contribution in [-0.2, 0) is 6.54 Å². The Hall–Kier alpha value is -2.84. The monoisotopic (exact) mass is 421 g/mol. The number of aliphatic hydroxyl groups is 1. The zero-order valence-corrected chi connectivity index (χ0v) is 18.1. The Balaban J connectivity index is 1.56. The number of pyridine rings is 2. The van der Waals surface area contributed by atoms with Crippen LogP contribution < -0.4 is 11.1 Å². The van der Waals surface area contributed by atoms with Crippen molar-refractivity contribution in [2.75, 3.05) is 30.7 Å². The maximum absolute atomic E-state index is 9.69. The number of nitrogens with zero attached hydrogens (tertiary/aromatic N) is 5. The molecule has 164 valence electrons. The van der Waals surface area contributed by atoms with Gasteiger partial charge in [0.2, 0.25) is 5.95 Å². The molecule has 4 N–H and O–H groups in total. The molecule has 4 heterocycles. The molecular weight excluding hydrogens is 390 g/mol. The lowest BCUT2D eigenvalue weighted by molar-refractivity contribution is 0.267. The van der Waals surface area contributed by atoms with Crippen LogP contribution in [0.15, 0.2) is 30.6 Å². The van der Waals surface area contributed by atoms with Gasteiger partial charge in [0.1, 0.15) is 5.52 Å². The fourth-order valence-corrected chi connectivity index (χ4v) is 4.01. The van der Waals surface area contributed by atoms with E-state index < -0.39 is 0 Å². The van der Waals surface area contributed by atoms with E-state index >= 15 is 0 Å². The van der Waals surface area contributed by atoms with E-state index in [1.54, 1.807) is 0 Å². The molecule has 4 rings (SSSR count). The smallest absolute Gasteiger partial charge is 0.222 e. The summed E-state index contributed by atoms with van der Waals surface area (Å²) in [4.78, 5) is 20.4. The zero-order valence-electron chi connectivity index (χ0n) is 18.1. The number of likely N-dealkylation sites (tertiary alicyclic amines) is 1. The number of hydrogen-bond donors (Lipinski definition) is 3. The minimum absolute atomic E-state index is 0.0267. The number of unbranched alkanes of at least 4 members (excludes halogenated alkanes) is 1. The van der Waals surface area contributed by atoms with Gasteiger partial charge in [-0.2, -0.15) is 4.98 Å². The van der Waals surface area contributed by atoms with Crippen molar-refractivity contribution in [1.82, 2.24) is 24.8 Å². The highest BCUT2D eigenvalue weighted by atomic mass is 16.3. The first-order valence-electron chi connectivity index (χ1n) is 11.1. The summed E-state index contributed by atoms with van der Waals surface area (Å²) in [7, 11) is 0. The van der Waals surface area contributed by atoms with Gasteiger partial charge < -0.3 is 16.2 Å². The molecule has 3 aromatic rings. The van der Waals surface area contributed by atoms with Crippen LogP contribution in [0.1, 0.15) is 44.7 Å². The quantitative estimate of drug-likeness (QED) is 0.483. The van der Waals surface area contributed by atoms with E-state index in [9.17, 15) is 5.11 Å². The number of anilines is 2. The summed E-state index contributed by atoms with van der Waals surface area (Å²) in [5.74, 6) is 0.739. The van der Waals surface area contributed by atoms with Crippen LogP contribution in [0.25, 0.3) is 22.2 Å². The number of hydrogen-bond acceptors (Lipinski definition) is 8. The topological polar surface area (TPSA) is 113 Å². The van der Waals surface area contributed by atoms with Crippen molar-refractivity contribution in [3.8, 4) is 11.1 Å².